The highest BCUT2D eigenvalue weighted by molar-refractivity contribution is 6.31. The van der Waals surface area contributed by atoms with Crippen molar-refractivity contribution in [2.24, 2.45) is 0 Å². The topological polar surface area (TPSA) is 67.4 Å². The molecule has 3 aromatic carbocycles. The summed E-state index contributed by atoms with van der Waals surface area (Å²) in [6.45, 7) is 3.64. The van der Waals surface area contributed by atoms with E-state index in [1.165, 1.54) is 0 Å². The van der Waals surface area contributed by atoms with Crippen molar-refractivity contribution in [3.63, 3.8) is 0 Å². The van der Waals surface area contributed by atoms with E-state index < -0.39 is 0 Å². The molecule has 2 amide bonds. The molecule has 0 saturated carbocycles. The van der Waals surface area contributed by atoms with Gasteiger partial charge in [0.1, 0.15) is 5.75 Å². The molecule has 0 heterocycles. The summed E-state index contributed by atoms with van der Waals surface area (Å²) in [5.41, 5.74) is 3.68. The van der Waals surface area contributed by atoms with E-state index in [9.17, 15) is 9.59 Å². The minimum absolute atomic E-state index is 0.123. The first-order chi connectivity index (χ1) is 13.9. The molecule has 0 aliphatic carbocycles. The molecule has 0 aliphatic heterocycles. The molecule has 2 N–H and O–H groups in total. The quantitative estimate of drug-likeness (QED) is 0.587. The number of para-hydroxylation sites is 1. The van der Waals surface area contributed by atoms with Crippen LogP contribution in [0.25, 0.3) is 0 Å². The van der Waals surface area contributed by atoms with Gasteiger partial charge in [-0.1, -0.05) is 35.9 Å². The van der Waals surface area contributed by atoms with E-state index in [-0.39, 0.29) is 18.4 Å². The van der Waals surface area contributed by atoms with Crippen LogP contribution in [0.5, 0.6) is 5.75 Å². The van der Waals surface area contributed by atoms with E-state index in [0.29, 0.717) is 22.0 Å². The zero-order valence-electron chi connectivity index (χ0n) is 16.2. The molecule has 148 valence electrons. The van der Waals surface area contributed by atoms with Crippen molar-refractivity contribution in [1.82, 2.24) is 0 Å². The van der Waals surface area contributed by atoms with Crippen LogP contribution in [-0.4, -0.2) is 18.4 Å². The molecule has 0 aromatic heterocycles. The van der Waals surface area contributed by atoms with Crippen LogP contribution in [0.3, 0.4) is 0 Å². The fourth-order valence-corrected chi connectivity index (χ4v) is 2.86. The molecular formula is C23H21ClN2O3. The van der Waals surface area contributed by atoms with Crippen molar-refractivity contribution >= 4 is 34.8 Å². The number of carbonyl (C=O) groups excluding carboxylic acids is 2. The number of rotatable bonds is 6. The maximum atomic E-state index is 12.4. The third kappa shape index (κ3) is 5.36. The number of aryl methyl sites for hydroxylation is 1. The molecule has 0 aliphatic rings. The molecule has 29 heavy (non-hydrogen) atoms. The Morgan fingerprint density at radius 3 is 2.28 bits per heavy atom. The number of benzene rings is 3. The highest BCUT2D eigenvalue weighted by Gasteiger charge is 2.10. The van der Waals surface area contributed by atoms with Gasteiger partial charge in [0.2, 0.25) is 0 Å². The fraction of sp³-hybridized carbons (Fsp3) is 0.130. The molecule has 0 atom stereocenters. The van der Waals surface area contributed by atoms with Crippen molar-refractivity contribution in [2.75, 3.05) is 17.2 Å². The van der Waals surface area contributed by atoms with Crippen LogP contribution < -0.4 is 15.4 Å². The predicted molar refractivity (Wildman–Crippen MR) is 116 cm³/mol. The van der Waals surface area contributed by atoms with Gasteiger partial charge in [0, 0.05) is 22.0 Å². The molecule has 0 bridgehead atoms. The lowest BCUT2D eigenvalue weighted by Gasteiger charge is -2.11. The van der Waals surface area contributed by atoms with E-state index >= 15 is 0 Å². The Hall–Kier alpha value is -3.31. The number of hydrogen-bond donors (Lipinski definition) is 2. The van der Waals surface area contributed by atoms with Crippen molar-refractivity contribution in [3.05, 3.63) is 88.4 Å². The first kappa shape index (κ1) is 20.4. The normalized spacial score (nSPS) is 10.3. The lowest BCUT2D eigenvalue weighted by molar-refractivity contribution is -0.118. The number of ether oxygens (including phenoxy) is 1. The third-order valence-electron chi connectivity index (χ3n) is 4.42. The van der Waals surface area contributed by atoms with E-state index in [4.69, 9.17) is 16.3 Å². The summed E-state index contributed by atoms with van der Waals surface area (Å²) in [6.07, 6.45) is 0. The highest BCUT2D eigenvalue weighted by atomic mass is 35.5. The van der Waals surface area contributed by atoms with Gasteiger partial charge in [0.05, 0.1) is 0 Å². The number of halogens is 1. The van der Waals surface area contributed by atoms with Crippen LogP contribution in [0, 0.1) is 13.8 Å². The number of nitrogens with one attached hydrogen (secondary N) is 2. The largest absolute Gasteiger partial charge is 0.484 e. The van der Waals surface area contributed by atoms with Gasteiger partial charge in [-0.15, -0.1) is 0 Å². The molecule has 3 rings (SSSR count). The van der Waals surface area contributed by atoms with E-state index in [0.717, 1.165) is 16.8 Å². The van der Waals surface area contributed by atoms with Gasteiger partial charge in [0.15, 0.2) is 6.61 Å². The summed E-state index contributed by atoms with van der Waals surface area (Å²) < 4.78 is 5.51. The van der Waals surface area contributed by atoms with E-state index in [1.807, 2.05) is 38.1 Å². The van der Waals surface area contributed by atoms with Crippen molar-refractivity contribution in [1.29, 1.82) is 0 Å². The number of anilines is 2. The van der Waals surface area contributed by atoms with Gasteiger partial charge >= 0.3 is 0 Å². The third-order valence-corrected chi connectivity index (χ3v) is 4.83. The predicted octanol–water partition coefficient (Wildman–Crippen LogP) is 5.23. The molecule has 0 radical (unpaired) electrons. The number of amides is 2. The van der Waals surface area contributed by atoms with Gasteiger partial charge in [-0.3, -0.25) is 9.59 Å². The van der Waals surface area contributed by atoms with Crippen LogP contribution in [0.4, 0.5) is 11.4 Å². The summed E-state index contributed by atoms with van der Waals surface area (Å²) in [7, 11) is 0. The van der Waals surface area contributed by atoms with Crippen LogP contribution in [0.1, 0.15) is 21.5 Å². The Bertz CT molecular complexity index is 1030. The van der Waals surface area contributed by atoms with E-state index in [2.05, 4.69) is 10.6 Å². The second-order valence-electron chi connectivity index (χ2n) is 6.54. The maximum absolute atomic E-state index is 12.4. The van der Waals surface area contributed by atoms with Crippen LogP contribution in [-0.2, 0) is 4.79 Å². The molecule has 3 aromatic rings. The minimum Gasteiger partial charge on any atom is -0.484 e. The lowest BCUT2D eigenvalue weighted by Crippen LogP contribution is -2.20. The Morgan fingerprint density at radius 1 is 0.862 bits per heavy atom. The molecular weight excluding hydrogens is 388 g/mol. The van der Waals surface area contributed by atoms with Gasteiger partial charge in [0.25, 0.3) is 11.8 Å². The molecule has 0 saturated heterocycles. The Labute approximate surface area is 174 Å². The molecule has 5 nitrogen and oxygen atoms in total. The van der Waals surface area contributed by atoms with Gasteiger partial charge in [-0.05, 0) is 67.4 Å². The zero-order valence-corrected chi connectivity index (χ0v) is 16.9. The van der Waals surface area contributed by atoms with Crippen LogP contribution in [0.15, 0.2) is 66.7 Å². The second-order valence-corrected chi connectivity index (χ2v) is 6.95. The maximum Gasteiger partial charge on any atom is 0.262 e. The zero-order chi connectivity index (χ0) is 20.8. The van der Waals surface area contributed by atoms with Crippen molar-refractivity contribution in [2.45, 2.75) is 13.8 Å². The Kier molecular flexibility index (Phi) is 6.52. The first-order valence-electron chi connectivity index (χ1n) is 9.09. The summed E-state index contributed by atoms with van der Waals surface area (Å²) in [6, 6.07) is 19.5. The smallest absolute Gasteiger partial charge is 0.262 e. The SMILES string of the molecule is Cc1ccccc1NC(=O)COc1ccc(C(=O)Nc2cccc(Cl)c2C)cc1. The number of carbonyl (C=O) groups is 2. The molecule has 0 unspecified atom stereocenters. The molecule has 6 heteroatoms. The Balaban J connectivity index is 1.56. The number of hydrogen-bond acceptors (Lipinski definition) is 3. The van der Waals surface area contributed by atoms with Crippen LogP contribution in [0.2, 0.25) is 5.02 Å². The summed E-state index contributed by atoms with van der Waals surface area (Å²) in [4.78, 5) is 24.5. The Morgan fingerprint density at radius 2 is 1.55 bits per heavy atom. The summed E-state index contributed by atoms with van der Waals surface area (Å²) in [5, 5.41) is 6.24. The van der Waals surface area contributed by atoms with Crippen molar-refractivity contribution in [3.8, 4) is 5.75 Å². The molecule has 0 fully saturated rings. The average molecular weight is 409 g/mol. The lowest BCUT2D eigenvalue weighted by atomic mass is 10.1. The highest BCUT2D eigenvalue weighted by Crippen LogP contribution is 2.23. The minimum atomic E-state index is -0.252. The first-order valence-corrected chi connectivity index (χ1v) is 9.46. The fourth-order valence-electron chi connectivity index (χ4n) is 2.69. The summed E-state index contributed by atoms with van der Waals surface area (Å²) >= 11 is 6.08. The van der Waals surface area contributed by atoms with Crippen molar-refractivity contribution < 1.29 is 14.3 Å². The van der Waals surface area contributed by atoms with Crippen LogP contribution >= 0.6 is 11.6 Å². The monoisotopic (exact) mass is 408 g/mol. The molecule has 0 spiro atoms. The summed E-state index contributed by atoms with van der Waals surface area (Å²) in [5.74, 6) is -0.00261. The second kappa shape index (κ2) is 9.26. The van der Waals surface area contributed by atoms with Gasteiger partial charge < -0.3 is 15.4 Å². The average Bonchev–Trinajstić information content (AvgIpc) is 2.72. The van der Waals surface area contributed by atoms with Gasteiger partial charge in [-0.25, -0.2) is 0 Å². The van der Waals surface area contributed by atoms with Gasteiger partial charge in [-0.2, -0.15) is 0 Å². The van der Waals surface area contributed by atoms with E-state index in [1.54, 1.807) is 42.5 Å². The standard InChI is InChI=1S/C23H21ClN2O3/c1-15-6-3-4-8-20(15)25-22(27)14-29-18-12-10-17(11-13-18)23(28)26-21-9-5-7-19(24)16(21)2/h3-13H,14H2,1-2H3,(H,25,27)(H,26,28).